The summed E-state index contributed by atoms with van der Waals surface area (Å²) >= 11 is 0. The fourth-order valence-corrected chi connectivity index (χ4v) is 4.20. The van der Waals surface area contributed by atoms with E-state index in [0.717, 1.165) is 12.1 Å². The minimum Gasteiger partial charge on any atom is -0.378 e. The molecule has 4 rings (SSSR count). The van der Waals surface area contributed by atoms with Crippen LogP contribution >= 0.6 is 0 Å². The zero-order valence-electron chi connectivity index (χ0n) is 22.7. The summed E-state index contributed by atoms with van der Waals surface area (Å²) < 4.78 is 69.7. The van der Waals surface area contributed by atoms with E-state index in [1.54, 1.807) is 44.1 Å². The molecule has 0 saturated carbocycles. The van der Waals surface area contributed by atoms with E-state index in [1.807, 2.05) is 38.9 Å². The Hall–Kier alpha value is -4.02. The standard InChI is InChI=1S/C28H29F5N6/c1-15-10-19(28(31,32)33)25(34-15)21-12-17(39(6)7)14-23(36-21)27(2,3)22-13-16(38(4)5)11-20(35-22)18-8-9-24(29)37-26(18)30/h8-14,34H,1-7H3. The molecule has 4 aromatic rings. The highest BCUT2D eigenvalue weighted by molar-refractivity contribution is 5.68. The molecule has 11 heteroatoms. The van der Waals surface area contributed by atoms with Gasteiger partial charge in [0.2, 0.25) is 11.9 Å². The highest BCUT2D eigenvalue weighted by Crippen LogP contribution is 2.40. The van der Waals surface area contributed by atoms with Crippen LogP contribution in [0.1, 0.15) is 36.5 Å². The number of anilines is 2. The molecule has 0 aliphatic heterocycles. The molecule has 0 amide bonds. The van der Waals surface area contributed by atoms with Gasteiger partial charge in [0, 0.05) is 50.7 Å². The third-order valence-electron chi connectivity index (χ3n) is 6.54. The van der Waals surface area contributed by atoms with Crippen molar-refractivity contribution in [3.63, 3.8) is 0 Å². The molecule has 0 radical (unpaired) electrons. The van der Waals surface area contributed by atoms with E-state index >= 15 is 0 Å². The van der Waals surface area contributed by atoms with Crippen LogP contribution in [0.15, 0.2) is 42.5 Å². The van der Waals surface area contributed by atoms with Crippen LogP contribution in [0, 0.1) is 18.8 Å². The number of hydrogen-bond donors (Lipinski definition) is 1. The summed E-state index contributed by atoms with van der Waals surface area (Å²) in [7, 11) is 7.19. The molecule has 0 fully saturated rings. The van der Waals surface area contributed by atoms with Gasteiger partial charge < -0.3 is 14.8 Å². The molecular weight excluding hydrogens is 515 g/mol. The van der Waals surface area contributed by atoms with E-state index in [9.17, 15) is 22.0 Å². The number of halogens is 5. The topological polar surface area (TPSA) is 60.9 Å². The first kappa shape index (κ1) is 28.0. The second kappa shape index (κ2) is 9.94. The Morgan fingerprint density at radius 1 is 0.744 bits per heavy atom. The summed E-state index contributed by atoms with van der Waals surface area (Å²) in [5, 5.41) is 0. The Bertz CT molecular complexity index is 1520. The molecule has 6 nitrogen and oxygen atoms in total. The molecule has 0 bridgehead atoms. The van der Waals surface area contributed by atoms with Crippen molar-refractivity contribution < 1.29 is 22.0 Å². The first-order chi connectivity index (χ1) is 18.1. The molecule has 0 aliphatic carbocycles. The molecule has 4 heterocycles. The monoisotopic (exact) mass is 544 g/mol. The second-order valence-electron chi connectivity index (χ2n) is 10.3. The Labute approximate surface area is 223 Å². The third-order valence-corrected chi connectivity index (χ3v) is 6.54. The fraction of sp³-hybridized carbons (Fsp3) is 0.321. The average molecular weight is 545 g/mol. The van der Waals surface area contributed by atoms with Gasteiger partial charge >= 0.3 is 6.18 Å². The fourth-order valence-electron chi connectivity index (χ4n) is 4.20. The molecule has 1 N–H and O–H groups in total. The Kier molecular flexibility index (Phi) is 7.14. The van der Waals surface area contributed by atoms with Crippen LogP contribution in [0.3, 0.4) is 0 Å². The minimum atomic E-state index is -4.57. The van der Waals surface area contributed by atoms with Crippen molar-refractivity contribution in [1.82, 2.24) is 19.9 Å². The number of nitrogens with zero attached hydrogens (tertiary/aromatic N) is 5. The van der Waals surface area contributed by atoms with Gasteiger partial charge in [-0.1, -0.05) is 0 Å². The van der Waals surface area contributed by atoms with Crippen molar-refractivity contribution in [2.75, 3.05) is 38.0 Å². The second-order valence-corrected chi connectivity index (χ2v) is 10.3. The lowest BCUT2D eigenvalue weighted by Gasteiger charge is -2.28. The Morgan fingerprint density at radius 3 is 1.79 bits per heavy atom. The van der Waals surface area contributed by atoms with E-state index in [1.165, 1.54) is 6.07 Å². The van der Waals surface area contributed by atoms with Crippen LogP contribution in [-0.2, 0) is 11.6 Å². The highest BCUT2D eigenvalue weighted by Gasteiger charge is 2.36. The summed E-state index contributed by atoms with van der Waals surface area (Å²) in [5.74, 6) is -1.95. The van der Waals surface area contributed by atoms with E-state index in [-0.39, 0.29) is 22.6 Å². The van der Waals surface area contributed by atoms with Gasteiger partial charge in [-0.15, -0.1) is 0 Å². The van der Waals surface area contributed by atoms with Crippen LogP contribution in [0.2, 0.25) is 0 Å². The molecule has 39 heavy (non-hydrogen) atoms. The summed E-state index contributed by atoms with van der Waals surface area (Å²) in [6, 6.07) is 10.2. The van der Waals surface area contributed by atoms with Crippen molar-refractivity contribution >= 4 is 11.4 Å². The molecular formula is C28H29F5N6. The predicted molar refractivity (Wildman–Crippen MR) is 142 cm³/mol. The molecule has 0 aliphatic rings. The smallest absolute Gasteiger partial charge is 0.378 e. The lowest BCUT2D eigenvalue weighted by Crippen LogP contribution is -2.25. The predicted octanol–water partition coefficient (Wildman–Crippen LogP) is 6.60. The van der Waals surface area contributed by atoms with Crippen molar-refractivity contribution in [1.29, 1.82) is 0 Å². The number of hydrogen-bond acceptors (Lipinski definition) is 5. The van der Waals surface area contributed by atoms with Crippen LogP contribution < -0.4 is 9.80 Å². The largest absolute Gasteiger partial charge is 0.418 e. The average Bonchev–Trinajstić information content (AvgIpc) is 3.26. The number of aryl methyl sites for hydroxylation is 1. The summed E-state index contributed by atoms with van der Waals surface area (Å²) in [5.41, 5.74) is 1.14. The number of rotatable bonds is 6. The van der Waals surface area contributed by atoms with Crippen molar-refractivity contribution in [2.24, 2.45) is 0 Å². The van der Waals surface area contributed by atoms with Gasteiger partial charge in [0.1, 0.15) is 0 Å². The first-order valence-corrected chi connectivity index (χ1v) is 12.1. The highest BCUT2D eigenvalue weighted by atomic mass is 19.4. The number of pyridine rings is 3. The number of nitrogens with one attached hydrogen (secondary N) is 1. The maximum absolute atomic E-state index is 14.6. The van der Waals surface area contributed by atoms with Gasteiger partial charge in [0.15, 0.2) is 0 Å². The van der Waals surface area contributed by atoms with Crippen LogP contribution in [-0.4, -0.2) is 48.1 Å². The van der Waals surface area contributed by atoms with Gasteiger partial charge in [-0.05, 0) is 63.2 Å². The number of alkyl halides is 3. The molecule has 0 spiro atoms. The molecule has 4 aromatic heterocycles. The molecule has 0 atom stereocenters. The lowest BCUT2D eigenvalue weighted by atomic mass is 9.83. The van der Waals surface area contributed by atoms with Gasteiger partial charge in [0.05, 0.1) is 39.6 Å². The molecule has 206 valence electrons. The van der Waals surface area contributed by atoms with Gasteiger partial charge in [0.25, 0.3) is 0 Å². The summed E-state index contributed by atoms with van der Waals surface area (Å²) in [6.07, 6.45) is -4.57. The van der Waals surface area contributed by atoms with Crippen LogP contribution in [0.5, 0.6) is 0 Å². The maximum Gasteiger partial charge on any atom is 0.418 e. The zero-order chi connectivity index (χ0) is 28.9. The maximum atomic E-state index is 14.6. The van der Waals surface area contributed by atoms with Crippen LogP contribution in [0.4, 0.5) is 33.3 Å². The Balaban J connectivity index is 1.94. The summed E-state index contributed by atoms with van der Waals surface area (Å²) in [4.78, 5) is 19.1. The van der Waals surface area contributed by atoms with Crippen molar-refractivity contribution in [3.8, 4) is 22.6 Å². The quantitative estimate of drug-likeness (QED) is 0.219. The molecule has 0 aromatic carbocycles. The van der Waals surface area contributed by atoms with Gasteiger partial charge in [-0.2, -0.15) is 26.9 Å². The number of H-pyrrole nitrogens is 1. The Morgan fingerprint density at radius 2 is 1.28 bits per heavy atom. The van der Waals surface area contributed by atoms with E-state index in [4.69, 9.17) is 4.98 Å². The van der Waals surface area contributed by atoms with E-state index in [0.29, 0.717) is 28.5 Å². The van der Waals surface area contributed by atoms with Gasteiger partial charge in [-0.25, -0.2) is 0 Å². The summed E-state index contributed by atoms with van der Waals surface area (Å²) in [6.45, 7) is 5.24. The SMILES string of the molecule is Cc1cc(C(F)(F)F)c(-c2cc(N(C)C)cc(C(C)(C)c3cc(N(C)C)cc(-c4ccc(F)nc4F)n3)n2)[nH]1. The third kappa shape index (κ3) is 5.57. The zero-order valence-corrected chi connectivity index (χ0v) is 22.7. The van der Waals surface area contributed by atoms with E-state index < -0.39 is 29.1 Å². The molecule has 0 saturated heterocycles. The van der Waals surface area contributed by atoms with Crippen molar-refractivity contribution in [2.45, 2.75) is 32.4 Å². The number of aromatic amines is 1. The van der Waals surface area contributed by atoms with Crippen LogP contribution in [0.25, 0.3) is 22.6 Å². The van der Waals surface area contributed by atoms with Gasteiger partial charge in [-0.3, -0.25) is 9.97 Å². The number of aromatic nitrogens is 4. The molecule has 0 unspecified atom stereocenters. The van der Waals surface area contributed by atoms with E-state index in [2.05, 4.69) is 15.0 Å². The van der Waals surface area contributed by atoms with Crippen molar-refractivity contribution in [3.05, 3.63) is 77.0 Å². The minimum absolute atomic E-state index is 0.0181. The first-order valence-electron chi connectivity index (χ1n) is 12.1. The normalized spacial score (nSPS) is 12.1. The lowest BCUT2D eigenvalue weighted by molar-refractivity contribution is -0.137.